The van der Waals surface area contributed by atoms with Crippen molar-refractivity contribution in [3.05, 3.63) is 29.8 Å². The van der Waals surface area contributed by atoms with E-state index in [4.69, 9.17) is 0 Å². The van der Waals surface area contributed by atoms with Crippen molar-refractivity contribution < 1.29 is 14.7 Å². The van der Waals surface area contributed by atoms with Gasteiger partial charge in [0.2, 0.25) is 5.91 Å². The molecule has 5 heteroatoms. The van der Waals surface area contributed by atoms with Gasteiger partial charge in [0.05, 0.1) is 23.3 Å². The number of likely N-dealkylation sites (tertiary alicyclic amines) is 1. The first kappa shape index (κ1) is 17.9. The minimum Gasteiger partial charge on any atom is -0.389 e. The molecule has 1 aliphatic heterocycles. The minimum atomic E-state index is -0.883. The average Bonchev–Trinajstić information content (AvgIpc) is 3.01. The number of benzene rings is 1. The Morgan fingerprint density at radius 2 is 1.84 bits per heavy atom. The molecule has 3 rings (SSSR count). The number of amides is 2. The zero-order chi connectivity index (χ0) is 17.9. The molecule has 2 N–H and O–H groups in total. The number of aliphatic hydroxyl groups is 1. The molecule has 0 bridgehead atoms. The van der Waals surface area contributed by atoms with Gasteiger partial charge in [0, 0.05) is 13.1 Å². The van der Waals surface area contributed by atoms with Crippen LogP contribution in [0, 0.1) is 5.92 Å². The van der Waals surface area contributed by atoms with Gasteiger partial charge in [-0.3, -0.25) is 9.59 Å². The second kappa shape index (κ2) is 7.56. The normalized spacial score (nSPS) is 20.5. The van der Waals surface area contributed by atoms with Crippen LogP contribution in [0.15, 0.2) is 24.3 Å². The summed E-state index contributed by atoms with van der Waals surface area (Å²) in [5.41, 5.74) is 0.188. The van der Waals surface area contributed by atoms with Crippen molar-refractivity contribution in [1.29, 1.82) is 0 Å². The van der Waals surface area contributed by atoms with E-state index >= 15 is 0 Å². The van der Waals surface area contributed by atoms with Gasteiger partial charge in [0.1, 0.15) is 0 Å². The van der Waals surface area contributed by atoms with Crippen molar-refractivity contribution in [3.8, 4) is 0 Å². The number of carbonyl (C=O) groups is 2. The molecular weight excluding hydrogens is 316 g/mol. The van der Waals surface area contributed by atoms with E-state index in [0.717, 1.165) is 38.8 Å². The summed E-state index contributed by atoms with van der Waals surface area (Å²) >= 11 is 0. The molecule has 2 amide bonds. The van der Waals surface area contributed by atoms with Gasteiger partial charge >= 0.3 is 0 Å². The molecule has 5 nitrogen and oxygen atoms in total. The molecular formula is C20H28N2O3. The maximum absolute atomic E-state index is 12.8. The van der Waals surface area contributed by atoms with Crippen molar-refractivity contribution in [2.24, 2.45) is 5.92 Å². The van der Waals surface area contributed by atoms with Crippen LogP contribution in [0.4, 0.5) is 5.69 Å². The molecule has 1 aromatic carbocycles. The van der Waals surface area contributed by atoms with Crippen LogP contribution in [0.1, 0.15) is 62.2 Å². The number of nitrogens with one attached hydrogen (secondary N) is 1. The van der Waals surface area contributed by atoms with E-state index in [2.05, 4.69) is 12.2 Å². The zero-order valence-electron chi connectivity index (χ0n) is 15.0. The minimum absolute atomic E-state index is 0.0256. The highest BCUT2D eigenvalue weighted by Crippen LogP contribution is 2.32. The van der Waals surface area contributed by atoms with Crippen molar-refractivity contribution in [2.75, 3.05) is 18.4 Å². The molecule has 1 heterocycles. The Bertz CT molecular complexity index is 630. The van der Waals surface area contributed by atoms with Crippen molar-refractivity contribution in [3.63, 3.8) is 0 Å². The fraction of sp³-hybridized carbons (Fsp3) is 0.600. The quantitative estimate of drug-likeness (QED) is 0.881. The monoisotopic (exact) mass is 344 g/mol. The Hall–Kier alpha value is -1.88. The number of carbonyl (C=O) groups excluding carboxylic acids is 2. The summed E-state index contributed by atoms with van der Waals surface area (Å²) in [4.78, 5) is 27.1. The molecule has 1 aromatic rings. The second-order valence-electron chi connectivity index (χ2n) is 7.68. The summed E-state index contributed by atoms with van der Waals surface area (Å²) in [6, 6.07) is 7.16. The van der Waals surface area contributed by atoms with E-state index < -0.39 is 5.60 Å². The van der Waals surface area contributed by atoms with Crippen LogP contribution in [0.25, 0.3) is 0 Å². The Morgan fingerprint density at radius 3 is 2.52 bits per heavy atom. The third kappa shape index (κ3) is 4.40. The smallest absolute Gasteiger partial charge is 0.255 e. The first-order chi connectivity index (χ1) is 12.0. The van der Waals surface area contributed by atoms with Gasteiger partial charge in [-0.05, 0) is 43.7 Å². The van der Waals surface area contributed by atoms with E-state index in [1.165, 1.54) is 0 Å². The molecule has 1 aliphatic carbocycles. The molecule has 0 aromatic heterocycles. The lowest BCUT2D eigenvalue weighted by molar-refractivity contribution is -0.120. The van der Waals surface area contributed by atoms with E-state index in [-0.39, 0.29) is 18.2 Å². The fourth-order valence-electron chi connectivity index (χ4n) is 3.86. The summed E-state index contributed by atoms with van der Waals surface area (Å²) < 4.78 is 0. The van der Waals surface area contributed by atoms with Crippen LogP contribution in [0.3, 0.4) is 0 Å². The van der Waals surface area contributed by atoms with Crippen LogP contribution < -0.4 is 5.32 Å². The number of para-hydroxylation sites is 1. The lowest BCUT2D eigenvalue weighted by Crippen LogP contribution is -2.38. The second-order valence-corrected chi connectivity index (χ2v) is 7.68. The van der Waals surface area contributed by atoms with Crippen LogP contribution in [0.5, 0.6) is 0 Å². The molecule has 2 aliphatic rings. The summed E-state index contributed by atoms with van der Waals surface area (Å²) in [7, 11) is 0. The largest absolute Gasteiger partial charge is 0.389 e. The number of rotatable bonds is 4. The topological polar surface area (TPSA) is 69.6 Å². The standard InChI is InChI=1S/C20H28N2O3/c1-15-8-12-22(13-9-15)19(24)16-6-2-3-7-17(16)21-18(23)14-20(25)10-4-5-11-20/h2-3,6-7,15,25H,4-5,8-14H2,1H3,(H,21,23). The number of piperidine rings is 1. The summed E-state index contributed by atoms with van der Waals surface area (Å²) in [6.45, 7) is 3.74. The number of hydrogen-bond donors (Lipinski definition) is 2. The van der Waals surface area contributed by atoms with Crippen LogP contribution in [-0.4, -0.2) is 40.5 Å². The first-order valence-corrected chi connectivity index (χ1v) is 9.37. The van der Waals surface area contributed by atoms with E-state index in [9.17, 15) is 14.7 Å². The Kier molecular flexibility index (Phi) is 5.42. The summed E-state index contributed by atoms with van der Waals surface area (Å²) in [5.74, 6) is 0.408. The summed E-state index contributed by atoms with van der Waals surface area (Å²) in [5, 5.41) is 13.3. The highest BCUT2D eigenvalue weighted by Gasteiger charge is 2.33. The van der Waals surface area contributed by atoms with Gasteiger partial charge in [0.15, 0.2) is 0 Å². The molecule has 2 fully saturated rings. The van der Waals surface area contributed by atoms with E-state index in [1.807, 2.05) is 17.0 Å². The Labute approximate surface area is 149 Å². The molecule has 0 spiro atoms. The van der Waals surface area contributed by atoms with Gasteiger partial charge in [-0.2, -0.15) is 0 Å². The zero-order valence-corrected chi connectivity index (χ0v) is 15.0. The first-order valence-electron chi connectivity index (χ1n) is 9.37. The lowest BCUT2D eigenvalue weighted by Gasteiger charge is -2.31. The predicted molar refractivity (Wildman–Crippen MR) is 97.4 cm³/mol. The van der Waals surface area contributed by atoms with E-state index in [0.29, 0.717) is 30.0 Å². The number of nitrogens with zero attached hydrogens (tertiary/aromatic N) is 1. The SMILES string of the molecule is CC1CCN(C(=O)c2ccccc2NC(=O)CC2(O)CCCC2)CC1. The Morgan fingerprint density at radius 1 is 1.20 bits per heavy atom. The van der Waals surface area contributed by atoms with Crippen molar-refractivity contribution in [1.82, 2.24) is 4.90 Å². The molecule has 0 atom stereocenters. The van der Waals surface area contributed by atoms with Gasteiger partial charge in [-0.1, -0.05) is 31.9 Å². The summed E-state index contributed by atoms with van der Waals surface area (Å²) in [6.07, 6.45) is 5.41. The van der Waals surface area contributed by atoms with Crippen LogP contribution in [-0.2, 0) is 4.79 Å². The third-order valence-corrected chi connectivity index (χ3v) is 5.53. The van der Waals surface area contributed by atoms with Crippen molar-refractivity contribution in [2.45, 2.75) is 57.5 Å². The van der Waals surface area contributed by atoms with E-state index in [1.54, 1.807) is 12.1 Å². The number of hydrogen-bond acceptors (Lipinski definition) is 3. The third-order valence-electron chi connectivity index (χ3n) is 5.53. The molecule has 1 saturated carbocycles. The lowest BCUT2D eigenvalue weighted by atomic mass is 9.97. The predicted octanol–water partition coefficient (Wildman–Crippen LogP) is 3.19. The van der Waals surface area contributed by atoms with Gasteiger partial charge in [0.25, 0.3) is 5.91 Å². The fourth-order valence-corrected chi connectivity index (χ4v) is 3.86. The van der Waals surface area contributed by atoms with Crippen LogP contribution >= 0.6 is 0 Å². The maximum Gasteiger partial charge on any atom is 0.255 e. The molecule has 0 radical (unpaired) electrons. The highest BCUT2D eigenvalue weighted by atomic mass is 16.3. The average molecular weight is 344 g/mol. The maximum atomic E-state index is 12.8. The molecule has 0 unspecified atom stereocenters. The van der Waals surface area contributed by atoms with Gasteiger partial charge in [-0.25, -0.2) is 0 Å². The highest BCUT2D eigenvalue weighted by molar-refractivity contribution is 6.03. The number of anilines is 1. The molecule has 1 saturated heterocycles. The van der Waals surface area contributed by atoms with Gasteiger partial charge < -0.3 is 15.3 Å². The van der Waals surface area contributed by atoms with Gasteiger partial charge in [-0.15, -0.1) is 0 Å². The molecule has 25 heavy (non-hydrogen) atoms. The molecule has 136 valence electrons. The van der Waals surface area contributed by atoms with Crippen molar-refractivity contribution >= 4 is 17.5 Å². The van der Waals surface area contributed by atoms with Crippen LogP contribution in [0.2, 0.25) is 0 Å². The Balaban J connectivity index is 1.68.